The maximum Gasteiger partial charge on any atom is 0.302 e. The van der Waals surface area contributed by atoms with Crippen LogP contribution < -0.4 is 0 Å². The first-order chi connectivity index (χ1) is 11.3. The highest BCUT2D eigenvalue weighted by Crippen LogP contribution is 2.40. The van der Waals surface area contributed by atoms with Gasteiger partial charge in [-0.25, -0.2) is 0 Å². The van der Waals surface area contributed by atoms with Crippen LogP contribution in [0.1, 0.15) is 58.1 Å². The van der Waals surface area contributed by atoms with Gasteiger partial charge in [-0.2, -0.15) is 0 Å². The number of carbonyl (C=O) groups excluding carboxylic acids is 1. The van der Waals surface area contributed by atoms with E-state index in [1.54, 1.807) is 0 Å². The van der Waals surface area contributed by atoms with Crippen LogP contribution in [0.5, 0.6) is 0 Å². The third-order valence-electron chi connectivity index (χ3n) is 4.78. The third-order valence-corrected chi connectivity index (χ3v) is 4.78. The fourth-order valence-electron chi connectivity index (χ4n) is 3.30. The molecule has 3 atom stereocenters. The van der Waals surface area contributed by atoms with E-state index in [4.69, 9.17) is 15.9 Å². The van der Waals surface area contributed by atoms with Crippen LogP contribution in [0.3, 0.4) is 0 Å². The summed E-state index contributed by atoms with van der Waals surface area (Å²) in [6.07, 6.45) is 8.14. The Labute approximate surface area is 145 Å². The number of benzene rings is 1. The molecular weight excluding hydrogens is 300 g/mol. The molecule has 24 heavy (non-hydrogen) atoms. The van der Waals surface area contributed by atoms with Gasteiger partial charge in [0.2, 0.25) is 0 Å². The average molecular weight is 328 g/mol. The van der Waals surface area contributed by atoms with E-state index in [0.29, 0.717) is 12.5 Å². The van der Waals surface area contributed by atoms with Crippen LogP contribution in [0, 0.1) is 23.7 Å². The van der Waals surface area contributed by atoms with Crippen molar-refractivity contribution in [2.45, 2.75) is 65.8 Å². The van der Waals surface area contributed by atoms with E-state index in [-0.39, 0.29) is 23.6 Å². The zero-order valence-corrected chi connectivity index (χ0v) is 15.2. The largest absolute Gasteiger partial charge is 0.462 e. The zero-order chi connectivity index (χ0) is 17.7. The molecule has 0 N–H and O–H groups in total. The van der Waals surface area contributed by atoms with Crippen molar-refractivity contribution < 1.29 is 14.3 Å². The Morgan fingerprint density at radius 1 is 1.17 bits per heavy atom. The summed E-state index contributed by atoms with van der Waals surface area (Å²) in [4.78, 5) is 11.3. The Morgan fingerprint density at radius 3 is 2.33 bits per heavy atom. The minimum absolute atomic E-state index is 0.0470. The highest BCUT2D eigenvalue weighted by molar-refractivity contribution is 5.66. The quantitative estimate of drug-likeness (QED) is 0.609. The predicted octanol–water partition coefficient (Wildman–Crippen LogP) is 4.33. The molecule has 1 aromatic rings. The van der Waals surface area contributed by atoms with Crippen LogP contribution in [0.2, 0.25) is 0 Å². The Kier molecular flexibility index (Phi) is 6.07. The Morgan fingerprint density at radius 2 is 1.79 bits per heavy atom. The summed E-state index contributed by atoms with van der Waals surface area (Å²) in [6, 6.07) is 7.87. The topological polar surface area (TPSA) is 35.5 Å². The van der Waals surface area contributed by atoms with Crippen molar-refractivity contribution in [2.75, 3.05) is 0 Å². The fraction of sp³-hybridized carbons (Fsp3) is 0.571. The van der Waals surface area contributed by atoms with Crippen LogP contribution in [0.4, 0.5) is 0 Å². The number of terminal acetylenes is 1. The van der Waals surface area contributed by atoms with E-state index >= 15 is 0 Å². The lowest BCUT2D eigenvalue weighted by Gasteiger charge is -2.40. The first-order valence-corrected chi connectivity index (χ1v) is 8.62. The molecule has 0 aliphatic heterocycles. The molecule has 0 aromatic heterocycles. The minimum Gasteiger partial charge on any atom is -0.462 e. The molecule has 0 heterocycles. The second-order valence-corrected chi connectivity index (χ2v) is 7.78. The van der Waals surface area contributed by atoms with Crippen LogP contribution in [0.25, 0.3) is 0 Å². The fourth-order valence-corrected chi connectivity index (χ4v) is 3.30. The minimum atomic E-state index is -0.210. The van der Waals surface area contributed by atoms with Gasteiger partial charge in [-0.3, -0.25) is 4.79 Å². The van der Waals surface area contributed by atoms with E-state index in [1.807, 2.05) is 24.3 Å². The zero-order valence-electron chi connectivity index (χ0n) is 15.2. The van der Waals surface area contributed by atoms with E-state index in [2.05, 4.69) is 26.7 Å². The van der Waals surface area contributed by atoms with Gasteiger partial charge in [0.15, 0.2) is 0 Å². The maximum absolute atomic E-state index is 11.3. The molecule has 1 saturated carbocycles. The van der Waals surface area contributed by atoms with Crippen molar-refractivity contribution in [3.63, 3.8) is 0 Å². The number of ether oxygens (including phenoxy) is 2. The first-order valence-electron chi connectivity index (χ1n) is 8.62. The molecular formula is C21H28O3. The molecule has 130 valence electrons. The summed E-state index contributed by atoms with van der Waals surface area (Å²) in [6.45, 7) is 8.75. The smallest absolute Gasteiger partial charge is 0.302 e. The number of hydrogen-bond acceptors (Lipinski definition) is 3. The molecule has 3 nitrogen and oxygen atoms in total. The molecule has 2 rings (SSSR count). The Bertz CT molecular complexity index is 589. The molecule has 0 bridgehead atoms. The molecule has 0 unspecified atom stereocenters. The van der Waals surface area contributed by atoms with Crippen molar-refractivity contribution >= 4 is 5.97 Å². The van der Waals surface area contributed by atoms with Gasteiger partial charge in [0.25, 0.3) is 0 Å². The number of rotatable bonds is 4. The highest BCUT2D eigenvalue weighted by atomic mass is 16.5. The summed E-state index contributed by atoms with van der Waals surface area (Å²) in [5.74, 6) is 2.88. The van der Waals surface area contributed by atoms with Crippen LogP contribution in [-0.4, -0.2) is 18.2 Å². The average Bonchev–Trinajstić information content (AvgIpc) is 2.52. The van der Waals surface area contributed by atoms with Crippen LogP contribution in [0.15, 0.2) is 24.3 Å². The molecule has 0 radical (unpaired) electrons. The lowest BCUT2D eigenvalue weighted by Crippen LogP contribution is -2.39. The second kappa shape index (κ2) is 7.85. The lowest BCUT2D eigenvalue weighted by atomic mass is 9.70. The van der Waals surface area contributed by atoms with Crippen LogP contribution in [-0.2, 0) is 20.9 Å². The van der Waals surface area contributed by atoms with Crippen LogP contribution >= 0.6 is 0 Å². The molecule has 1 fully saturated rings. The van der Waals surface area contributed by atoms with E-state index in [9.17, 15) is 4.79 Å². The number of esters is 1. The monoisotopic (exact) mass is 328 g/mol. The second-order valence-electron chi connectivity index (χ2n) is 7.78. The Balaban J connectivity index is 1.98. The predicted molar refractivity (Wildman–Crippen MR) is 95.3 cm³/mol. The molecule has 0 spiro atoms. The summed E-state index contributed by atoms with van der Waals surface area (Å²) in [5, 5.41) is 0. The van der Waals surface area contributed by atoms with Gasteiger partial charge in [0.05, 0.1) is 12.7 Å². The van der Waals surface area contributed by atoms with Gasteiger partial charge in [0, 0.05) is 18.9 Å². The van der Waals surface area contributed by atoms with Gasteiger partial charge in [-0.05, 0) is 41.9 Å². The van der Waals surface area contributed by atoms with E-state index in [0.717, 1.165) is 30.4 Å². The molecule has 1 aliphatic carbocycles. The van der Waals surface area contributed by atoms with Crippen molar-refractivity contribution in [1.82, 2.24) is 0 Å². The summed E-state index contributed by atoms with van der Waals surface area (Å²) in [7, 11) is 0. The highest BCUT2D eigenvalue weighted by Gasteiger charge is 2.37. The first kappa shape index (κ1) is 18.5. The molecule has 1 aliphatic rings. The van der Waals surface area contributed by atoms with E-state index in [1.165, 1.54) is 6.92 Å². The van der Waals surface area contributed by atoms with Crippen molar-refractivity contribution in [2.24, 2.45) is 11.3 Å². The number of hydrogen-bond donors (Lipinski definition) is 0. The summed E-state index contributed by atoms with van der Waals surface area (Å²) < 4.78 is 11.6. The maximum atomic E-state index is 11.3. The van der Waals surface area contributed by atoms with Gasteiger partial charge in [-0.15, -0.1) is 6.42 Å². The summed E-state index contributed by atoms with van der Waals surface area (Å²) in [5.41, 5.74) is 2.16. The normalized spacial score (nSPS) is 24.2. The Hall–Kier alpha value is -1.79. The van der Waals surface area contributed by atoms with Crippen molar-refractivity contribution in [3.05, 3.63) is 35.4 Å². The summed E-state index contributed by atoms with van der Waals surface area (Å²) >= 11 is 0. The van der Waals surface area contributed by atoms with Gasteiger partial charge >= 0.3 is 5.97 Å². The van der Waals surface area contributed by atoms with Crippen molar-refractivity contribution in [1.29, 1.82) is 0 Å². The molecule has 0 saturated heterocycles. The third kappa shape index (κ3) is 5.39. The molecule has 0 amide bonds. The standard InChI is InChI=1S/C21H28O3/c1-6-16-7-9-17(10-8-16)14-23-19-11-18(21(3,4)5)12-20(13-19)24-15(2)22/h1,7-10,18-20H,11-14H2,2-5H3/t18-,19+,20-/m0/s1. The molecule has 1 aromatic carbocycles. The number of carbonyl (C=O) groups is 1. The van der Waals surface area contributed by atoms with E-state index < -0.39 is 0 Å². The van der Waals surface area contributed by atoms with Gasteiger partial charge < -0.3 is 9.47 Å². The van der Waals surface area contributed by atoms with Crippen molar-refractivity contribution in [3.8, 4) is 12.3 Å². The van der Waals surface area contributed by atoms with Gasteiger partial charge in [-0.1, -0.05) is 38.8 Å². The lowest BCUT2D eigenvalue weighted by molar-refractivity contribution is -0.153. The SMILES string of the molecule is C#Cc1ccc(CO[C@H]2C[C@@H](OC(C)=O)C[C@@H](C(C)(C)C)C2)cc1. The van der Waals surface area contributed by atoms with Gasteiger partial charge in [0.1, 0.15) is 6.10 Å². The molecule has 3 heteroatoms.